The Morgan fingerprint density at radius 3 is 2.30 bits per heavy atom. The van der Waals surface area contributed by atoms with Gasteiger partial charge in [0.1, 0.15) is 5.82 Å². The lowest BCUT2D eigenvalue weighted by molar-refractivity contribution is 0.0696. The number of amides is 2. The van der Waals surface area contributed by atoms with Gasteiger partial charge in [0.25, 0.3) is 0 Å². The zero-order valence-electron chi connectivity index (χ0n) is 10.1. The van der Waals surface area contributed by atoms with Crippen molar-refractivity contribution in [2.75, 3.05) is 10.6 Å². The zero-order chi connectivity index (χ0) is 14.5. The van der Waals surface area contributed by atoms with Gasteiger partial charge in [0, 0.05) is 16.9 Å². The molecule has 0 saturated carbocycles. The second-order valence-corrected chi connectivity index (χ2v) is 4.26. The van der Waals surface area contributed by atoms with Crippen molar-refractivity contribution in [1.29, 1.82) is 0 Å². The fourth-order valence-corrected chi connectivity index (χ4v) is 1.53. The van der Waals surface area contributed by atoms with Crippen LogP contribution in [0.15, 0.2) is 42.6 Å². The smallest absolute Gasteiger partial charge is 0.337 e. The van der Waals surface area contributed by atoms with Crippen molar-refractivity contribution < 1.29 is 14.7 Å². The van der Waals surface area contributed by atoms with Gasteiger partial charge in [0.2, 0.25) is 0 Å². The van der Waals surface area contributed by atoms with Crippen molar-refractivity contribution in [3.63, 3.8) is 0 Å². The summed E-state index contributed by atoms with van der Waals surface area (Å²) < 4.78 is 0. The first-order valence-corrected chi connectivity index (χ1v) is 5.95. The quantitative estimate of drug-likeness (QED) is 0.810. The van der Waals surface area contributed by atoms with Gasteiger partial charge in [-0.25, -0.2) is 14.6 Å². The third kappa shape index (κ3) is 3.69. The van der Waals surface area contributed by atoms with Gasteiger partial charge in [-0.1, -0.05) is 11.6 Å². The molecule has 0 bridgehead atoms. The standard InChI is InChI=1S/C13H10ClN3O3/c14-9-2-4-10(5-3-9)16-13(20)17-11-6-1-8(7-15-11)12(18)19/h1-7H,(H,18,19)(H2,15,16,17,20). The van der Waals surface area contributed by atoms with Crippen molar-refractivity contribution >= 4 is 35.1 Å². The van der Waals surface area contributed by atoms with Crippen LogP contribution in [-0.2, 0) is 0 Å². The molecule has 0 saturated heterocycles. The molecule has 0 fully saturated rings. The highest BCUT2D eigenvalue weighted by atomic mass is 35.5. The van der Waals surface area contributed by atoms with Crippen LogP contribution >= 0.6 is 11.6 Å². The number of pyridine rings is 1. The number of nitrogens with one attached hydrogen (secondary N) is 2. The average Bonchev–Trinajstić information content (AvgIpc) is 2.42. The molecule has 0 aliphatic rings. The van der Waals surface area contributed by atoms with Gasteiger partial charge in [-0.15, -0.1) is 0 Å². The van der Waals surface area contributed by atoms with Crippen molar-refractivity contribution in [1.82, 2.24) is 4.98 Å². The summed E-state index contributed by atoms with van der Waals surface area (Å²) in [5.41, 5.74) is 0.628. The summed E-state index contributed by atoms with van der Waals surface area (Å²) >= 11 is 5.73. The van der Waals surface area contributed by atoms with E-state index in [4.69, 9.17) is 16.7 Å². The number of aromatic carboxylic acids is 1. The maximum absolute atomic E-state index is 11.7. The molecule has 3 N–H and O–H groups in total. The minimum Gasteiger partial charge on any atom is -0.478 e. The summed E-state index contributed by atoms with van der Waals surface area (Å²) in [4.78, 5) is 26.1. The molecule has 1 heterocycles. The Kier molecular flexibility index (Phi) is 4.17. The van der Waals surface area contributed by atoms with Crippen LogP contribution in [0.3, 0.4) is 0 Å². The summed E-state index contributed by atoms with van der Waals surface area (Å²) in [6.45, 7) is 0. The van der Waals surface area contributed by atoms with Crippen LogP contribution in [0.2, 0.25) is 5.02 Å². The third-order valence-corrected chi connectivity index (χ3v) is 2.61. The van der Waals surface area contributed by atoms with Gasteiger partial charge in [-0.05, 0) is 36.4 Å². The van der Waals surface area contributed by atoms with Crippen LogP contribution in [0.25, 0.3) is 0 Å². The Balaban J connectivity index is 1.97. The number of nitrogens with zero attached hydrogens (tertiary/aromatic N) is 1. The Morgan fingerprint density at radius 1 is 1.05 bits per heavy atom. The van der Waals surface area contributed by atoms with E-state index in [0.29, 0.717) is 10.7 Å². The van der Waals surface area contributed by atoms with Crippen molar-refractivity contribution in [2.24, 2.45) is 0 Å². The topological polar surface area (TPSA) is 91.3 Å². The molecule has 0 aliphatic heterocycles. The van der Waals surface area contributed by atoms with Gasteiger partial charge < -0.3 is 10.4 Å². The highest BCUT2D eigenvalue weighted by Gasteiger charge is 2.06. The highest BCUT2D eigenvalue weighted by molar-refractivity contribution is 6.30. The van der Waals surface area contributed by atoms with E-state index in [9.17, 15) is 9.59 Å². The van der Waals surface area contributed by atoms with Crippen LogP contribution in [-0.4, -0.2) is 22.1 Å². The number of carbonyl (C=O) groups is 2. The van der Waals surface area contributed by atoms with Crippen LogP contribution in [0.5, 0.6) is 0 Å². The molecule has 1 aromatic heterocycles. The number of halogens is 1. The van der Waals surface area contributed by atoms with Crippen LogP contribution in [0.4, 0.5) is 16.3 Å². The number of aromatic nitrogens is 1. The maximum Gasteiger partial charge on any atom is 0.337 e. The highest BCUT2D eigenvalue weighted by Crippen LogP contribution is 2.13. The summed E-state index contributed by atoms with van der Waals surface area (Å²) in [5.74, 6) is -0.823. The van der Waals surface area contributed by atoms with E-state index in [1.807, 2.05) is 0 Å². The van der Waals surface area contributed by atoms with Crippen LogP contribution in [0.1, 0.15) is 10.4 Å². The summed E-state index contributed by atoms with van der Waals surface area (Å²) in [7, 11) is 0. The lowest BCUT2D eigenvalue weighted by atomic mass is 10.3. The number of carboxylic acids is 1. The average molecular weight is 292 g/mol. The number of urea groups is 1. The van der Waals surface area contributed by atoms with Crippen molar-refractivity contribution in [2.45, 2.75) is 0 Å². The molecule has 2 aromatic rings. The van der Waals surface area contributed by atoms with E-state index in [0.717, 1.165) is 0 Å². The molecule has 20 heavy (non-hydrogen) atoms. The van der Waals surface area contributed by atoms with E-state index >= 15 is 0 Å². The first-order valence-electron chi connectivity index (χ1n) is 5.57. The Hall–Kier alpha value is -2.60. The summed E-state index contributed by atoms with van der Waals surface area (Å²) in [5, 5.41) is 14.4. The molecule has 1 aromatic carbocycles. The fourth-order valence-electron chi connectivity index (χ4n) is 1.41. The normalized spacial score (nSPS) is 9.85. The van der Waals surface area contributed by atoms with Crippen LogP contribution < -0.4 is 10.6 Å². The summed E-state index contributed by atoms with van der Waals surface area (Å²) in [6, 6.07) is 8.89. The number of carbonyl (C=O) groups excluding carboxylic acids is 1. The molecule has 0 aliphatic carbocycles. The minimum atomic E-state index is -1.07. The predicted octanol–water partition coefficient (Wildman–Crippen LogP) is 3.08. The molecular weight excluding hydrogens is 282 g/mol. The first-order chi connectivity index (χ1) is 9.54. The van der Waals surface area contributed by atoms with E-state index in [1.54, 1.807) is 24.3 Å². The Morgan fingerprint density at radius 2 is 1.75 bits per heavy atom. The molecular formula is C13H10ClN3O3. The Bertz CT molecular complexity index is 626. The molecule has 0 unspecified atom stereocenters. The molecule has 0 spiro atoms. The fraction of sp³-hybridized carbons (Fsp3) is 0. The van der Waals surface area contributed by atoms with Gasteiger partial charge in [0.05, 0.1) is 5.56 Å². The number of anilines is 2. The first kappa shape index (κ1) is 13.8. The number of hydrogen-bond donors (Lipinski definition) is 3. The predicted molar refractivity (Wildman–Crippen MR) is 75.3 cm³/mol. The maximum atomic E-state index is 11.7. The molecule has 102 valence electrons. The zero-order valence-corrected chi connectivity index (χ0v) is 10.9. The van der Waals surface area contributed by atoms with Crippen LogP contribution in [0, 0.1) is 0 Å². The van der Waals surface area contributed by atoms with E-state index in [2.05, 4.69) is 15.6 Å². The molecule has 2 amide bonds. The number of carboxylic acid groups (broad SMARTS) is 1. The van der Waals surface area contributed by atoms with Gasteiger partial charge in [-0.3, -0.25) is 5.32 Å². The lowest BCUT2D eigenvalue weighted by Gasteiger charge is -2.07. The second-order valence-electron chi connectivity index (χ2n) is 3.82. The molecule has 2 rings (SSSR count). The molecule has 7 heteroatoms. The Labute approximate surface area is 119 Å². The van der Waals surface area contributed by atoms with Gasteiger partial charge in [0.15, 0.2) is 0 Å². The van der Waals surface area contributed by atoms with E-state index < -0.39 is 12.0 Å². The lowest BCUT2D eigenvalue weighted by Crippen LogP contribution is -2.20. The number of hydrogen-bond acceptors (Lipinski definition) is 3. The number of rotatable bonds is 3. The third-order valence-electron chi connectivity index (χ3n) is 2.35. The van der Waals surface area contributed by atoms with Crippen molar-refractivity contribution in [3.05, 3.63) is 53.2 Å². The van der Waals surface area contributed by atoms with E-state index in [1.165, 1.54) is 18.3 Å². The monoisotopic (exact) mass is 291 g/mol. The number of benzene rings is 1. The largest absolute Gasteiger partial charge is 0.478 e. The SMILES string of the molecule is O=C(Nc1ccc(Cl)cc1)Nc1ccc(C(=O)O)cn1. The van der Waals surface area contributed by atoms with Crippen molar-refractivity contribution in [3.8, 4) is 0 Å². The molecule has 0 radical (unpaired) electrons. The molecule has 0 atom stereocenters. The van der Waals surface area contributed by atoms with Gasteiger partial charge >= 0.3 is 12.0 Å². The van der Waals surface area contributed by atoms with E-state index in [-0.39, 0.29) is 11.4 Å². The van der Waals surface area contributed by atoms with Gasteiger partial charge in [-0.2, -0.15) is 0 Å². The summed E-state index contributed by atoms with van der Waals surface area (Å²) in [6.07, 6.45) is 1.17. The molecule has 6 nitrogen and oxygen atoms in total. The minimum absolute atomic E-state index is 0.0497. The second kappa shape index (κ2) is 6.03.